The molecule has 0 atom stereocenters. The van der Waals surface area contributed by atoms with Crippen LogP contribution in [-0.4, -0.2) is 87.8 Å². The number of likely N-dealkylation sites (N-methyl/N-ethyl adjacent to an activating group) is 1. The van der Waals surface area contributed by atoms with E-state index in [4.69, 9.17) is 0 Å². The molecule has 2 aliphatic heterocycles. The number of hydrogen-bond acceptors (Lipinski definition) is 5. The summed E-state index contributed by atoms with van der Waals surface area (Å²) in [5.41, 5.74) is 1.30. The van der Waals surface area contributed by atoms with Gasteiger partial charge in [-0.25, -0.2) is 12.7 Å². The van der Waals surface area contributed by atoms with Crippen LogP contribution in [0, 0.1) is 0 Å². The monoisotopic (exact) mass is 422 g/mol. The van der Waals surface area contributed by atoms with Crippen molar-refractivity contribution in [1.82, 2.24) is 19.4 Å². The van der Waals surface area contributed by atoms with Gasteiger partial charge in [-0.15, -0.1) is 0 Å². The zero-order chi connectivity index (χ0) is 20.7. The second-order valence-corrected chi connectivity index (χ2v) is 10.1. The Labute approximate surface area is 175 Å². The van der Waals surface area contributed by atoms with Gasteiger partial charge in [0.2, 0.25) is 10.0 Å². The number of carbonyl (C=O) groups is 1. The maximum absolute atomic E-state index is 12.5. The summed E-state index contributed by atoms with van der Waals surface area (Å²) in [7, 11) is -1.13. The number of sulfonamides is 1. The molecule has 2 aliphatic rings. The van der Waals surface area contributed by atoms with Gasteiger partial charge in [0.1, 0.15) is 0 Å². The van der Waals surface area contributed by atoms with Crippen LogP contribution < -0.4 is 5.32 Å². The fraction of sp³-hybridized carbons (Fsp3) is 0.667. The molecule has 0 radical (unpaired) electrons. The van der Waals surface area contributed by atoms with Crippen LogP contribution in [0.5, 0.6) is 0 Å². The molecule has 2 heterocycles. The summed E-state index contributed by atoms with van der Waals surface area (Å²) in [5.74, 6) is -0.103. The third kappa shape index (κ3) is 6.77. The first kappa shape index (κ1) is 22.2. The first-order valence-electron chi connectivity index (χ1n) is 10.7. The highest BCUT2D eigenvalue weighted by molar-refractivity contribution is 7.88. The van der Waals surface area contributed by atoms with E-state index in [0.29, 0.717) is 25.2 Å². The fourth-order valence-corrected chi connectivity index (χ4v) is 5.49. The van der Waals surface area contributed by atoms with Crippen molar-refractivity contribution in [3.63, 3.8) is 0 Å². The molecule has 0 aromatic heterocycles. The van der Waals surface area contributed by atoms with Gasteiger partial charge in [0, 0.05) is 51.4 Å². The molecule has 1 N–H and O–H groups in total. The third-order valence-corrected chi connectivity index (χ3v) is 7.66. The van der Waals surface area contributed by atoms with Crippen molar-refractivity contribution < 1.29 is 13.2 Å². The predicted molar refractivity (Wildman–Crippen MR) is 115 cm³/mol. The zero-order valence-corrected chi connectivity index (χ0v) is 18.3. The fourth-order valence-electron chi connectivity index (χ4n) is 3.88. The van der Waals surface area contributed by atoms with Gasteiger partial charge in [0.05, 0.1) is 5.75 Å². The Morgan fingerprint density at radius 3 is 2.28 bits per heavy atom. The van der Waals surface area contributed by atoms with Crippen LogP contribution in [-0.2, 0) is 15.8 Å². The summed E-state index contributed by atoms with van der Waals surface area (Å²) in [4.78, 5) is 17.1. The highest BCUT2D eigenvalue weighted by Gasteiger charge is 2.24. The standard InChI is InChI=1S/C21H34N4O3S/c1-23-14-16-24(17-15-23)11-5-10-22-21(26)20-8-6-19(7-9-20)18-29(27,28)25-12-3-2-4-13-25/h6-9H,2-5,10-18H2,1H3,(H,22,26). The molecule has 8 heteroatoms. The van der Waals surface area contributed by atoms with Crippen molar-refractivity contribution in [3.05, 3.63) is 35.4 Å². The van der Waals surface area contributed by atoms with Gasteiger partial charge in [-0.05, 0) is 50.6 Å². The smallest absolute Gasteiger partial charge is 0.251 e. The lowest BCUT2D eigenvalue weighted by atomic mass is 10.1. The predicted octanol–water partition coefficient (Wildman–Crippen LogP) is 1.37. The number of amides is 1. The topological polar surface area (TPSA) is 73.0 Å². The van der Waals surface area contributed by atoms with Crippen LogP contribution in [0.15, 0.2) is 24.3 Å². The molecule has 2 saturated heterocycles. The molecule has 0 aliphatic carbocycles. The van der Waals surface area contributed by atoms with E-state index in [2.05, 4.69) is 22.2 Å². The molecule has 0 spiro atoms. The van der Waals surface area contributed by atoms with Crippen LogP contribution in [0.3, 0.4) is 0 Å². The number of hydrogen-bond donors (Lipinski definition) is 1. The average Bonchev–Trinajstić information content (AvgIpc) is 2.73. The Morgan fingerprint density at radius 2 is 1.62 bits per heavy atom. The molecule has 0 unspecified atom stereocenters. The van der Waals surface area contributed by atoms with Crippen molar-refractivity contribution >= 4 is 15.9 Å². The molecule has 29 heavy (non-hydrogen) atoms. The number of nitrogens with one attached hydrogen (secondary N) is 1. The van der Waals surface area contributed by atoms with Gasteiger partial charge >= 0.3 is 0 Å². The van der Waals surface area contributed by atoms with Crippen LogP contribution in [0.2, 0.25) is 0 Å². The Hall–Kier alpha value is -1.48. The van der Waals surface area contributed by atoms with E-state index in [1.54, 1.807) is 28.6 Å². The second-order valence-electron chi connectivity index (χ2n) is 8.17. The zero-order valence-electron chi connectivity index (χ0n) is 17.5. The number of benzene rings is 1. The van der Waals surface area contributed by atoms with E-state index in [0.717, 1.165) is 64.0 Å². The summed E-state index contributed by atoms with van der Waals surface area (Å²) in [6, 6.07) is 6.94. The summed E-state index contributed by atoms with van der Waals surface area (Å²) < 4.78 is 26.7. The van der Waals surface area contributed by atoms with Crippen molar-refractivity contribution in [1.29, 1.82) is 0 Å². The molecule has 7 nitrogen and oxygen atoms in total. The minimum absolute atomic E-state index is 0.0000771. The largest absolute Gasteiger partial charge is 0.352 e. The van der Waals surface area contributed by atoms with Crippen LogP contribution in [0.4, 0.5) is 0 Å². The maximum Gasteiger partial charge on any atom is 0.251 e. The molecule has 2 fully saturated rings. The summed E-state index contributed by atoms with van der Waals surface area (Å²) in [6.07, 6.45) is 3.91. The molecule has 162 valence electrons. The van der Waals surface area contributed by atoms with E-state index in [1.807, 2.05) is 0 Å². The highest BCUT2D eigenvalue weighted by atomic mass is 32.2. The van der Waals surface area contributed by atoms with Crippen molar-refractivity contribution in [2.24, 2.45) is 0 Å². The van der Waals surface area contributed by atoms with Crippen LogP contribution >= 0.6 is 0 Å². The van der Waals surface area contributed by atoms with E-state index < -0.39 is 10.0 Å². The Bertz CT molecular complexity index is 753. The number of piperazine rings is 1. The number of rotatable bonds is 8. The summed E-state index contributed by atoms with van der Waals surface area (Å²) >= 11 is 0. The molecule has 1 amide bonds. The first-order valence-corrected chi connectivity index (χ1v) is 12.3. The Balaban J connectivity index is 1.41. The Kier molecular flexibility index (Phi) is 8.06. The molecule has 3 rings (SSSR count). The minimum Gasteiger partial charge on any atom is -0.352 e. The van der Waals surface area contributed by atoms with Gasteiger partial charge in [-0.1, -0.05) is 18.6 Å². The SMILES string of the molecule is CN1CCN(CCCNC(=O)c2ccc(CS(=O)(=O)N3CCCCC3)cc2)CC1. The lowest BCUT2D eigenvalue weighted by Crippen LogP contribution is -2.45. The van der Waals surface area contributed by atoms with Gasteiger partial charge in [0.15, 0.2) is 0 Å². The van der Waals surface area contributed by atoms with Crippen molar-refractivity contribution in [3.8, 4) is 0 Å². The summed E-state index contributed by atoms with van der Waals surface area (Å²) in [6.45, 7) is 7.28. The van der Waals surface area contributed by atoms with Gasteiger partial charge in [-0.3, -0.25) is 4.79 Å². The highest BCUT2D eigenvalue weighted by Crippen LogP contribution is 2.17. The van der Waals surface area contributed by atoms with E-state index >= 15 is 0 Å². The molecular weight excluding hydrogens is 388 g/mol. The normalized spacial score (nSPS) is 19.9. The van der Waals surface area contributed by atoms with Crippen molar-refractivity contribution in [2.45, 2.75) is 31.4 Å². The molecular formula is C21H34N4O3S. The number of piperidine rings is 1. The lowest BCUT2D eigenvalue weighted by molar-refractivity contribution is 0.0949. The molecule has 1 aromatic rings. The van der Waals surface area contributed by atoms with Gasteiger partial charge in [0.25, 0.3) is 5.91 Å². The molecule has 1 aromatic carbocycles. The number of carbonyl (C=O) groups excluding carboxylic acids is 1. The molecule has 0 saturated carbocycles. The maximum atomic E-state index is 12.5. The minimum atomic E-state index is -3.28. The van der Waals surface area contributed by atoms with Crippen molar-refractivity contribution in [2.75, 3.05) is 59.4 Å². The second kappa shape index (κ2) is 10.5. The van der Waals surface area contributed by atoms with Crippen LogP contribution in [0.25, 0.3) is 0 Å². The Morgan fingerprint density at radius 1 is 0.966 bits per heavy atom. The van der Waals surface area contributed by atoms with E-state index in [9.17, 15) is 13.2 Å². The first-order chi connectivity index (χ1) is 13.9. The van der Waals surface area contributed by atoms with Gasteiger partial charge in [-0.2, -0.15) is 0 Å². The molecule has 0 bridgehead atoms. The van der Waals surface area contributed by atoms with E-state index in [1.165, 1.54) is 0 Å². The number of nitrogens with zero attached hydrogens (tertiary/aromatic N) is 3. The third-order valence-electron chi connectivity index (χ3n) is 5.81. The summed E-state index contributed by atoms with van der Waals surface area (Å²) in [5, 5.41) is 2.96. The van der Waals surface area contributed by atoms with E-state index in [-0.39, 0.29) is 11.7 Å². The van der Waals surface area contributed by atoms with Crippen LogP contribution in [0.1, 0.15) is 41.6 Å². The lowest BCUT2D eigenvalue weighted by Gasteiger charge is -2.32. The average molecular weight is 423 g/mol. The van der Waals surface area contributed by atoms with Gasteiger partial charge < -0.3 is 15.1 Å². The quantitative estimate of drug-likeness (QED) is 0.641.